The van der Waals surface area contributed by atoms with Crippen LogP contribution in [0.15, 0.2) is 30.7 Å². The van der Waals surface area contributed by atoms with Crippen LogP contribution in [-0.2, 0) is 0 Å². The molecule has 0 bridgehead atoms. The van der Waals surface area contributed by atoms with Crippen LogP contribution in [0.25, 0.3) is 11.3 Å². The predicted octanol–water partition coefficient (Wildman–Crippen LogP) is 0.280. The lowest BCUT2D eigenvalue weighted by atomic mass is 10.6. The van der Waals surface area contributed by atoms with Crippen molar-refractivity contribution in [2.75, 3.05) is 0 Å². The Balaban J connectivity index is 3.07. The van der Waals surface area contributed by atoms with Gasteiger partial charge in [0.15, 0.2) is 5.58 Å². The summed E-state index contributed by atoms with van der Waals surface area (Å²) < 4.78 is 21.3. The Morgan fingerprint density at radius 3 is 2.67 bits per heavy atom. The first-order valence-electron chi connectivity index (χ1n) is 3.00. The van der Waals surface area contributed by atoms with Gasteiger partial charge >= 0.3 is 11.3 Å². The van der Waals surface area contributed by atoms with Crippen molar-refractivity contribution >= 4 is 11.3 Å². The molecular weight excluding hydrogens is 169 g/mol. The van der Waals surface area contributed by atoms with Crippen molar-refractivity contribution < 1.29 is 13.3 Å². The molecule has 2 rings (SSSR count). The highest BCUT2D eigenvalue weighted by atomic mass is 19.2. The van der Waals surface area contributed by atoms with E-state index >= 15 is 0 Å². The van der Waals surface area contributed by atoms with Crippen molar-refractivity contribution in [3.05, 3.63) is 33.1 Å². The Hall–Kier alpha value is -1.85. The molecule has 0 aliphatic rings. The van der Waals surface area contributed by atoms with E-state index in [0.29, 0.717) is 0 Å². The molecule has 0 fully saturated rings. The van der Waals surface area contributed by atoms with Crippen LogP contribution in [-0.4, -0.2) is 4.79 Å². The minimum Gasteiger partial charge on any atom is -0.412 e. The summed E-state index contributed by atoms with van der Waals surface area (Å²) in [6, 6.07) is 1.18. The van der Waals surface area contributed by atoms with Crippen LogP contribution in [0.2, 0.25) is 0 Å². The van der Waals surface area contributed by atoms with Gasteiger partial charge < -0.3 is 8.83 Å². The summed E-state index contributed by atoms with van der Waals surface area (Å²) >= 11 is 0. The molecule has 5 nitrogen and oxygen atoms in total. The molecule has 2 heterocycles. The molecule has 0 saturated heterocycles. The topological polar surface area (TPSA) is 65.3 Å². The summed E-state index contributed by atoms with van der Waals surface area (Å²) in [5, 5.41) is 0. The third-order valence-electron chi connectivity index (χ3n) is 1.32. The van der Waals surface area contributed by atoms with E-state index in [2.05, 4.69) is 8.83 Å². The van der Waals surface area contributed by atoms with E-state index in [1.54, 1.807) is 0 Å². The maximum atomic E-state index is 12.6. The molecular formula is C6H2FNO4. The number of hydrogen-bond donors (Lipinski definition) is 0. The zero-order valence-electron chi connectivity index (χ0n) is 5.61. The summed E-state index contributed by atoms with van der Waals surface area (Å²) in [6.07, 6.45) is 0.969. The number of nitrogens with zero attached hydrogens (tertiary/aromatic N) is 1. The zero-order chi connectivity index (χ0) is 8.72. The first-order valence-corrected chi connectivity index (χ1v) is 3.00. The van der Waals surface area contributed by atoms with E-state index in [9.17, 15) is 14.1 Å². The minimum atomic E-state index is -1.22. The normalized spacial score (nSPS) is 10.8. The van der Waals surface area contributed by atoms with Gasteiger partial charge in [0.05, 0.1) is 0 Å². The SMILES string of the molecule is O=c1oc2ccn(F)c2oc1=O. The lowest BCUT2D eigenvalue weighted by Gasteiger charge is -1.86. The summed E-state index contributed by atoms with van der Waals surface area (Å²) in [6.45, 7) is 0. The Bertz CT molecular complexity index is 534. The lowest BCUT2D eigenvalue weighted by molar-refractivity contribution is 0.341. The molecule has 0 atom stereocenters. The van der Waals surface area contributed by atoms with Gasteiger partial charge in [-0.1, -0.05) is 4.48 Å². The fourth-order valence-corrected chi connectivity index (χ4v) is 0.820. The third kappa shape index (κ3) is 0.777. The van der Waals surface area contributed by atoms with Crippen molar-refractivity contribution in [2.45, 2.75) is 0 Å². The van der Waals surface area contributed by atoms with Gasteiger partial charge in [0.2, 0.25) is 0 Å². The number of hydrogen-bond acceptors (Lipinski definition) is 4. The molecule has 2 aromatic rings. The van der Waals surface area contributed by atoms with Crippen LogP contribution in [0.3, 0.4) is 0 Å². The first-order chi connectivity index (χ1) is 5.68. The second kappa shape index (κ2) is 2.07. The zero-order valence-corrected chi connectivity index (χ0v) is 5.61. The maximum Gasteiger partial charge on any atom is 0.424 e. The Morgan fingerprint density at radius 1 is 1.25 bits per heavy atom. The third-order valence-corrected chi connectivity index (χ3v) is 1.32. The second-order valence-electron chi connectivity index (χ2n) is 2.08. The van der Waals surface area contributed by atoms with Crippen molar-refractivity contribution in [1.29, 1.82) is 0 Å². The Kier molecular flexibility index (Phi) is 1.18. The minimum absolute atomic E-state index is 0.0552. The van der Waals surface area contributed by atoms with Crippen molar-refractivity contribution in [2.24, 2.45) is 0 Å². The fraction of sp³-hybridized carbons (Fsp3) is 0. The van der Waals surface area contributed by atoms with Gasteiger partial charge in [-0.05, 0) is 0 Å². The second-order valence-corrected chi connectivity index (χ2v) is 2.08. The number of rotatable bonds is 0. The van der Waals surface area contributed by atoms with E-state index in [0.717, 1.165) is 6.20 Å². The summed E-state index contributed by atoms with van der Waals surface area (Å²) in [5.41, 5.74) is -2.87. The van der Waals surface area contributed by atoms with Crippen LogP contribution >= 0.6 is 0 Å². The Morgan fingerprint density at radius 2 is 1.92 bits per heavy atom. The molecule has 0 spiro atoms. The van der Waals surface area contributed by atoms with E-state index in [-0.39, 0.29) is 10.4 Å². The number of halogens is 1. The fourth-order valence-electron chi connectivity index (χ4n) is 0.820. The largest absolute Gasteiger partial charge is 0.424 e. The van der Waals surface area contributed by atoms with Gasteiger partial charge in [-0.15, -0.1) is 4.79 Å². The van der Waals surface area contributed by atoms with Gasteiger partial charge in [-0.2, -0.15) is 0 Å². The molecule has 0 amide bonds. The lowest BCUT2D eigenvalue weighted by Crippen LogP contribution is -2.20. The highest BCUT2D eigenvalue weighted by Gasteiger charge is 2.08. The molecule has 0 aliphatic carbocycles. The van der Waals surface area contributed by atoms with E-state index in [4.69, 9.17) is 0 Å². The van der Waals surface area contributed by atoms with Crippen molar-refractivity contribution in [3.63, 3.8) is 0 Å². The standard InChI is InChI=1S/C6H2FNO4/c7-8-2-1-3-4(8)12-6(10)5(9)11-3/h1-2H. The van der Waals surface area contributed by atoms with E-state index in [1.807, 2.05) is 0 Å². The molecule has 0 radical (unpaired) electrons. The monoisotopic (exact) mass is 171 g/mol. The van der Waals surface area contributed by atoms with Gasteiger partial charge in [-0.3, -0.25) is 0 Å². The van der Waals surface area contributed by atoms with Crippen LogP contribution in [0.1, 0.15) is 0 Å². The number of aromatic nitrogens is 1. The molecule has 0 aromatic carbocycles. The Labute approximate surface area is 63.6 Å². The average molecular weight is 171 g/mol. The summed E-state index contributed by atoms with van der Waals surface area (Å²) in [7, 11) is 0. The number of fused-ring (bicyclic) bond motifs is 1. The molecule has 6 heteroatoms. The average Bonchev–Trinajstić information content (AvgIpc) is 2.35. The molecule has 0 unspecified atom stereocenters. The summed E-state index contributed by atoms with van der Waals surface area (Å²) in [5.74, 6) is 0. The molecule has 0 N–H and O–H groups in total. The molecule has 62 valence electrons. The summed E-state index contributed by atoms with van der Waals surface area (Å²) in [4.78, 5) is 21.1. The van der Waals surface area contributed by atoms with Crippen LogP contribution < -0.4 is 11.3 Å². The maximum absolute atomic E-state index is 12.6. The van der Waals surface area contributed by atoms with Crippen LogP contribution in [0.5, 0.6) is 0 Å². The smallest absolute Gasteiger partial charge is 0.412 e. The van der Waals surface area contributed by atoms with E-state index < -0.39 is 17.0 Å². The quantitative estimate of drug-likeness (QED) is 0.534. The van der Waals surface area contributed by atoms with Crippen LogP contribution in [0.4, 0.5) is 4.48 Å². The van der Waals surface area contributed by atoms with Crippen LogP contribution in [0, 0.1) is 0 Å². The molecule has 2 aromatic heterocycles. The van der Waals surface area contributed by atoms with Gasteiger partial charge in [-0.25, -0.2) is 9.59 Å². The first kappa shape index (κ1) is 6.84. The highest BCUT2D eigenvalue weighted by Crippen LogP contribution is 2.10. The molecule has 12 heavy (non-hydrogen) atoms. The van der Waals surface area contributed by atoms with Crippen molar-refractivity contribution in [1.82, 2.24) is 4.79 Å². The van der Waals surface area contributed by atoms with Crippen molar-refractivity contribution in [3.8, 4) is 0 Å². The van der Waals surface area contributed by atoms with Gasteiger partial charge in [0.25, 0.3) is 5.71 Å². The predicted molar refractivity (Wildman–Crippen MR) is 35.5 cm³/mol. The highest BCUT2D eigenvalue weighted by molar-refractivity contribution is 5.65. The van der Waals surface area contributed by atoms with Gasteiger partial charge in [0, 0.05) is 12.3 Å². The molecule has 0 saturated carbocycles. The van der Waals surface area contributed by atoms with Gasteiger partial charge in [0.1, 0.15) is 0 Å². The van der Waals surface area contributed by atoms with E-state index in [1.165, 1.54) is 6.07 Å². The molecule has 0 aliphatic heterocycles.